The van der Waals surface area contributed by atoms with E-state index in [9.17, 15) is 5.11 Å². The zero-order valence-electron chi connectivity index (χ0n) is 8.89. The van der Waals surface area contributed by atoms with Crippen LogP contribution < -0.4 is 5.73 Å². The minimum atomic E-state index is -0.363. The maximum absolute atomic E-state index is 9.86. The van der Waals surface area contributed by atoms with Crippen LogP contribution in [-0.4, -0.2) is 11.2 Å². The van der Waals surface area contributed by atoms with Crippen LogP contribution in [0, 0.1) is 12.8 Å². The van der Waals surface area contributed by atoms with Crippen molar-refractivity contribution in [1.82, 2.24) is 0 Å². The second-order valence-corrected chi connectivity index (χ2v) is 4.26. The Kier molecular flexibility index (Phi) is 4.14. The van der Waals surface area contributed by atoms with Gasteiger partial charge in [-0.05, 0) is 31.2 Å². The summed E-state index contributed by atoms with van der Waals surface area (Å²) in [5.74, 6) is 0.436. The minimum Gasteiger partial charge on any atom is -0.391 e. The van der Waals surface area contributed by atoms with Gasteiger partial charge >= 0.3 is 0 Å². The van der Waals surface area contributed by atoms with Gasteiger partial charge in [0.2, 0.25) is 0 Å². The molecular weight excluding hydrogens is 210 g/mol. The molecule has 3 N–H and O–H groups in total. The lowest BCUT2D eigenvalue weighted by molar-refractivity contribution is 0.122. The molecule has 0 heterocycles. The van der Waals surface area contributed by atoms with Crippen LogP contribution >= 0.6 is 12.4 Å². The predicted molar refractivity (Wildman–Crippen MR) is 64.1 cm³/mol. The van der Waals surface area contributed by atoms with Gasteiger partial charge in [-0.15, -0.1) is 12.4 Å². The minimum absolute atomic E-state index is 0. The molecule has 1 fully saturated rings. The summed E-state index contributed by atoms with van der Waals surface area (Å²) < 4.78 is 0. The zero-order valence-corrected chi connectivity index (χ0v) is 9.70. The van der Waals surface area contributed by atoms with Crippen LogP contribution in [0.4, 0.5) is 0 Å². The van der Waals surface area contributed by atoms with Crippen LogP contribution in [0.3, 0.4) is 0 Å². The lowest BCUT2D eigenvalue weighted by Crippen LogP contribution is -2.27. The van der Waals surface area contributed by atoms with E-state index in [2.05, 4.69) is 0 Å². The summed E-state index contributed by atoms with van der Waals surface area (Å²) >= 11 is 0. The highest BCUT2D eigenvalue weighted by molar-refractivity contribution is 5.85. The molecule has 0 bridgehead atoms. The van der Waals surface area contributed by atoms with E-state index >= 15 is 0 Å². The lowest BCUT2D eigenvalue weighted by Gasteiger charge is -2.18. The number of aryl methyl sites for hydroxylation is 1. The first-order valence-electron chi connectivity index (χ1n) is 5.18. The van der Waals surface area contributed by atoms with Crippen molar-refractivity contribution >= 4 is 12.4 Å². The molecule has 0 radical (unpaired) electrons. The molecule has 1 aliphatic carbocycles. The molecule has 2 nitrogen and oxygen atoms in total. The van der Waals surface area contributed by atoms with Crippen LogP contribution in [0.5, 0.6) is 0 Å². The summed E-state index contributed by atoms with van der Waals surface area (Å²) in [7, 11) is 0. The number of aliphatic hydroxyl groups excluding tert-OH is 1. The zero-order chi connectivity index (χ0) is 10.1. The molecule has 3 heteroatoms. The van der Waals surface area contributed by atoms with E-state index < -0.39 is 0 Å². The quantitative estimate of drug-likeness (QED) is 0.832. The number of benzene rings is 1. The van der Waals surface area contributed by atoms with Crippen molar-refractivity contribution in [2.45, 2.75) is 31.9 Å². The van der Waals surface area contributed by atoms with Crippen LogP contribution in [0.1, 0.15) is 30.0 Å². The molecule has 0 aliphatic heterocycles. The van der Waals surface area contributed by atoms with Gasteiger partial charge in [-0.3, -0.25) is 0 Å². The van der Waals surface area contributed by atoms with Gasteiger partial charge in [0.05, 0.1) is 12.1 Å². The smallest absolute Gasteiger partial charge is 0.0760 e. The molecule has 15 heavy (non-hydrogen) atoms. The highest BCUT2D eigenvalue weighted by atomic mass is 35.5. The molecule has 84 valence electrons. The number of aliphatic hydroxyl groups is 1. The van der Waals surface area contributed by atoms with E-state index in [1.165, 1.54) is 5.56 Å². The molecule has 0 unspecified atom stereocenters. The van der Waals surface area contributed by atoms with E-state index in [-0.39, 0.29) is 24.6 Å². The molecule has 2 rings (SSSR count). The first-order chi connectivity index (χ1) is 6.68. The number of hydrogen-bond donors (Lipinski definition) is 2. The molecule has 1 aromatic carbocycles. The highest BCUT2D eigenvalue weighted by Crippen LogP contribution is 2.37. The second kappa shape index (κ2) is 4.97. The molecule has 0 aromatic heterocycles. The normalized spacial score (nSPS) is 19.1. The third-order valence-electron chi connectivity index (χ3n) is 2.94. The Morgan fingerprint density at radius 3 is 2.27 bits per heavy atom. The van der Waals surface area contributed by atoms with Gasteiger partial charge in [0.1, 0.15) is 0 Å². The monoisotopic (exact) mass is 227 g/mol. The van der Waals surface area contributed by atoms with Gasteiger partial charge in [0, 0.05) is 0 Å². The topological polar surface area (TPSA) is 46.2 Å². The molecule has 2 atom stereocenters. The number of nitrogens with two attached hydrogens (primary N) is 1. The Hall–Kier alpha value is -0.570. The van der Waals surface area contributed by atoms with Gasteiger partial charge in [-0.1, -0.05) is 29.8 Å². The Morgan fingerprint density at radius 2 is 1.80 bits per heavy atom. The number of hydrogen-bond acceptors (Lipinski definition) is 2. The maximum Gasteiger partial charge on any atom is 0.0760 e. The Bertz CT molecular complexity index is 308. The molecule has 0 amide bonds. The van der Waals surface area contributed by atoms with Gasteiger partial charge in [-0.2, -0.15) is 0 Å². The van der Waals surface area contributed by atoms with Crippen LogP contribution in [0.25, 0.3) is 0 Å². The molecule has 1 aliphatic rings. The van der Waals surface area contributed by atoms with E-state index in [4.69, 9.17) is 5.73 Å². The SMILES string of the molecule is Cc1ccc([C@@H](N)[C@@H](O)C2CC2)cc1.Cl. The van der Waals surface area contributed by atoms with Gasteiger partial charge < -0.3 is 10.8 Å². The fourth-order valence-electron chi connectivity index (χ4n) is 1.72. The van der Waals surface area contributed by atoms with E-state index in [0.717, 1.165) is 18.4 Å². The van der Waals surface area contributed by atoms with Crippen LogP contribution in [0.15, 0.2) is 24.3 Å². The Balaban J connectivity index is 0.00000112. The Morgan fingerprint density at radius 1 is 1.27 bits per heavy atom. The molecule has 0 spiro atoms. The summed E-state index contributed by atoms with van der Waals surface area (Å²) in [6.07, 6.45) is 1.89. The highest BCUT2D eigenvalue weighted by Gasteiger charge is 2.34. The summed E-state index contributed by atoms with van der Waals surface area (Å²) in [4.78, 5) is 0. The van der Waals surface area contributed by atoms with Crippen molar-refractivity contribution < 1.29 is 5.11 Å². The average molecular weight is 228 g/mol. The average Bonchev–Trinajstić information content (AvgIpc) is 3.00. The Labute approximate surface area is 96.9 Å². The van der Waals surface area contributed by atoms with Crippen molar-refractivity contribution in [3.05, 3.63) is 35.4 Å². The first-order valence-corrected chi connectivity index (χ1v) is 5.18. The third-order valence-corrected chi connectivity index (χ3v) is 2.94. The van der Waals surface area contributed by atoms with Gasteiger partial charge in [0.15, 0.2) is 0 Å². The van der Waals surface area contributed by atoms with Crippen molar-refractivity contribution in [3.63, 3.8) is 0 Å². The largest absolute Gasteiger partial charge is 0.391 e. The summed E-state index contributed by atoms with van der Waals surface area (Å²) in [6.45, 7) is 2.05. The van der Waals surface area contributed by atoms with E-state index in [0.29, 0.717) is 5.92 Å². The van der Waals surface area contributed by atoms with E-state index in [1.54, 1.807) is 0 Å². The molecule has 1 aromatic rings. The second-order valence-electron chi connectivity index (χ2n) is 4.26. The van der Waals surface area contributed by atoms with Gasteiger partial charge in [-0.25, -0.2) is 0 Å². The van der Waals surface area contributed by atoms with Crippen LogP contribution in [0.2, 0.25) is 0 Å². The fraction of sp³-hybridized carbons (Fsp3) is 0.500. The lowest BCUT2D eigenvalue weighted by atomic mass is 9.98. The fourth-order valence-corrected chi connectivity index (χ4v) is 1.72. The van der Waals surface area contributed by atoms with Crippen molar-refractivity contribution in [2.75, 3.05) is 0 Å². The van der Waals surface area contributed by atoms with Crippen LogP contribution in [-0.2, 0) is 0 Å². The van der Waals surface area contributed by atoms with Crippen molar-refractivity contribution in [1.29, 1.82) is 0 Å². The molecular formula is C12H18ClNO. The van der Waals surface area contributed by atoms with Crippen molar-refractivity contribution in [3.8, 4) is 0 Å². The molecule has 1 saturated carbocycles. The summed E-state index contributed by atoms with van der Waals surface area (Å²) in [5.41, 5.74) is 8.24. The first kappa shape index (κ1) is 12.5. The molecule has 0 saturated heterocycles. The van der Waals surface area contributed by atoms with Gasteiger partial charge in [0.25, 0.3) is 0 Å². The summed E-state index contributed by atoms with van der Waals surface area (Å²) in [6, 6.07) is 7.86. The summed E-state index contributed by atoms with van der Waals surface area (Å²) in [5, 5.41) is 9.86. The van der Waals surface area contributed by atoms with E-state index in [1.807, 2.05) is 31.2 Å². The standard InChI is InChI=1S/C12H17NO.ClH/c1-8-2-4-9(5-3-8)11(13)12(14)10-6-7-10;/h2-5,10-12,14H,6-7,13H2,1H3;1H/t11-,12+;/m1./s1. The van der Waals surface area contributed by atoms with Crippen molar-refractivity contribution in [2.24, 2.45) is 11.7 Å². The third kappa shape index (κ3) is 2.94. The number of rotatable bonds is 3. The maximum atomic E-state index is 9.86. The predicted octanol–water partition coefficient (Wildman–Crippen LogP) is 2.19. The number of halogens is 1.